The van der Waals surface area contributed by atoms with Crippen molar-refractivity contribution in [3.05, 3.63) is 0 Å². The largest absolute Gasteiger partial charge is 0.342 e. The van der Waals surface area contributed by atoms with Gasteiger partial charge in [0.05, 0.1) is 0 Å². The predicted molar refractivity (Wildman–Crippen MR) is 70.1 cm³/mol. The van der Waals surface area contributed by atoms with E-state index >= 15 is 0 Å². The maximum absolute atomic E-state index is 12.2. The zero-order chi connectivity index (χ0) is 13.0. The summed E-state index contributed by atoms with van der Waals surface area (Å²) in [5, 5.41) is 0. The summed E-state index contributed by atoms with van der Waals surface area (Å²) in [6.07, 6.45) is 6.64. The fourth-order valence-electron chi connectivity index (χ4n) is 3.06. The Bertz CT molecular complexity index is 311. The molecule has 0 aromatic heterocycles. The van der Waals surface area contributed by atoms with Crippen LogP contribution in [0.4, 0.5) is 0 Å². The summed E-state index contributed by atoms with van der Waals surface area (Å²) in [5.74, 6) is 0.0661. The van der Waals surface area contributed by atoms with Gasteiger partial charge in [-0.1, -0.05) is 6.92 Å². The van der Waals surface area contributed by atoms with E-state index in [-0.39, 0.29) is 18.2 Å². The van der Waals surface area contributed by atoms with Crippen molar-refractivity contribution in [3.8, 4) is 0 Å². The minimum atomic E-state index is 0.0259. The minimum absolute atomic E-state index is 0.0259. The second-order valence-corrected chi connectivity index (χ2v) is 5.41. The summed E-state index contributed by atoms with van der Waals surface area (Å²) in [6.45, 7) is 4.63. The van der Waals surface area contributed by atoms with Crippen LogP contribution in [0.25, 0.3) is 0 Å². The fourth-order valence-corrected chi connectivity index (χ4v) is 3.06. The SMILES string of the molecule is CCC1CCCCN1C(=O)CC(=O)N1CCCC1. The molecule has 2 saturated heterocycles. The highest BCUT2D eigenvalue weighted by molar-refractivity contribution is 5.97. The van der Waals surface area contributed by atoms with Crippen molar-refractivity contribution in [2.45, 2.75) is 57.9 Å². The topological polar surface area (TPSA) is 40.6 Å². The average Bonchev–Trinajstić information content (AvgIpc) is 2.92. The number of nitrogens with zero attached hydrogens (tertiary/aromatic N) is 2. The van der Waals surface area contributed by atoms with Gasteiger partial charge >= 0.3 is 0 Å². The smallest absolute Gasteiger partial charge is 0.232 e. The molecule has 0 spiro atoms. The van der Waals surface area contributed by atoms with Crippen LogP contribution in [-0.2, 0) is 9.59 Å². The Morgan fingerprint density at radius 2 is 1.67 bits per heavy atom. The van der Waals surface area contributed by atoms with E-state index in [0.29, 0.717) is 6.04 Å². The van der Waals surface area contributed by atoms with Crippen molar-refractivity contribution in [2.75, 3.05) is 19.6 Å². The lowest BCUT2D eigenvalue weighted by atomic mass is 9.99. The molecule has 0 aromatic carbocycles. The fraction of sp³-hybridized carbons (Fsp3) is 0.857. The van der Waals surface area contributed by atoms with Crippen LogP contribution in [0, 0.1) is 0 Å². The summed E-state index contributed by atoms with van der Waals surface area (Å²) in [6, 6.07) is 0.359. The molecule has 2 aliphatic rings. The van der Waals surface area contributed by atoms with Gasteiger partial charge in [-0.2, -0.15) is 0 Å². The van der Waals surface area contributed by atoms with Crippen LogP contribution in [0.5, 0.6) is 0 Å². The minimum Gasteiger partial charge on any atom is -0.342 e. The molecule has 2 aliphatic heterocycles. The van der Waals surface area contributed by atoms with E-state index in [1.165, 1.54) is 6.42 Å². The predicted octanol–water partition coefficient (Wildman–Crippen LogP) is 1.79. The zero-order valence-corrected chi connectivity index (χ0v) is 11.4. The summed E-state index contributed by atoms with van der Waals surface area (Å²) < 4.78 is 0. The van der Waals surface area contributed by atoms with Crippen LogP contribution in [0.2, 0.25) is 0 Å². The zero-order valence-electron chi connectivity index (χ0n) is 11.4. The molecule has 102 valence electrons. The van der Waals surface area contributed by atoms with Gasteiger partial charge in [0.1, 0.15) is 6.42 Å². The Morgan fingerprint density at radius 1 is 1.00 bits per heavy atom. The number of rotatable bonds is 3. The van der Waals surface area contributed by atoms with E-state index in [1.54, 1.807) is 0 Å². The monoisotopic (exact) mass is 252 g/mol. The molecule has 2 fully saturated rings. The molecule has 2 rings (SSSR count). The molecule has 0 saturated carbocycles. The van der Waals surface area contributed by atoms with Gasteiger partial charge in [-0.05, 0) is 38.5 Å². The molecule has 4 nitrogen and oxygen atoms in total. The second-order valence-electron chi connectivity index (χ2n) is 5.41. The van der Waals surface area contributed by atoms with Gasteiger partial charge in [0.15, 0.2) is 0 Å². The third kappa shape index (κ3) is 3.03. The van der Waals surface area contributed by atoms with E-state index in [1.807, 2.05) is 9.80 Å². The average molecular weight is 252 g/mol. The number of hydrogen-bond acceptors (Lipinski definition) is 2. The molecule has 0 radical (unpaired) electrons. The number of hydrogen-bond donors (Lipinski definition) is 0. The van der Waals surface area contributed by atoms with Gasteiger partial charge < -0.3 is 9.80 Å². The highest BCUT2D eigenvalue weighted by atomic mass is 16.2. The first-order chi connectivity index (χ1) is 8.72. The van der Waals surface area contributed by atoms with Crippen LogP contribution in [-0.4, -0.2) is 47.3 Å². The van der Waals surface area contributed by atoms with Crippen LogP contribution < -0.4 is 0 Å². The third-order valence-electron chi connectivity index (χ3n) is 4.18. The first-order valence-corrected chi connectivity index (χ1v) is 7.29. The van der Waals surface area contributed by atoms with Crippen LogP contribution in [0.3, 0.4) is 0 Å². The van der Waals surface area contributed by atoms with Gasteiger partial charge in [-0.3, -0.25) is 9.59 Å². The summed E-state index contributed by atoms with van der Waals surface area (Å²) in [4.78, 5) is 28.0. The lowest BCUT2D eigenvalue weighted by Crippen LogP contribution is -2.45. The van der Waals surface area contributed by atoms with Gasteiger partial charge in [-0.15, -0.1) is 0 Å². The quantitative estimate of drug-likeness (QED) is 0.719. The van der Waals surface area contributed by atoms with Crippen molar-refractivity contribution >= 4 is 11.8 Å². The normalized spacial score (nSPS) is 24.4. The number of amides is 2. The standard InChI is InChI=1S/C14H24N2O2/c1-2-12-7-3-4-10-16(12)14(18)11-13(17)15-8-5-6-9-15/h12H,2-11H2,1H3. The summed E-state index contributed by atoms with van der Waals surface area (Å²) in [5.41, 5.74) is 0. The highest BCUT2D eigenvalue weighted by Gasteiger charge is 2.28. The van der Waals surface area contributed by atoms with Crippen molar-refractivity contribution in [1.29, 1.82) is 0 Å². The second kappa shape index (κ2) is 6.21. The summed E-state index contributed by atoms with van der Waals surface area (Å²) in [7, 11) is 0. The van der Waals surface area contributed by atoms with E-state index < -0.39 is 0 Å². The van der Waals surface area contributed by atoms with Gasteiger partial charge in [0.2, 0.25) is 11.8 Å². The van der Waals surface area contributed by atoms with E-state index in [4.69, 9.17) is 0 Å². The third-order valence-corrected chi connectivity index (χ3v) is 4.18. The van der Waals surface area contributed by atoms with Gasteiger partial charge in [0.25, 0.3) is 0 Å². The molecule has 2 heterocycles. The molecule has 1 unspecified atom stereocenters. The van der Waals surface area contributed by atoms with Gasteiger partial charge in [-0.25, -0.2) is 0 Å². The molecule has 1 atom stereocenters. The van der Waals surface area contributed by atoms with Crippen LogP contribution >= 0.6 is 0 Å². The Balaban J connectivity index is 1.87. The number of carbonyl (C=O) groups is 2. The van der Waals surface area contributed by atoms with E-state index in [9.17, 15) is 9.59 Å². The molecule has 4 heteroatoms. The molecular weight excluding hydrogens is 228 g/mol. The first kappa shape index (κ1) is 13.4. The molecule has 18 heavy (non-hydrogen) atoms. The van der Waals surface area contributed by atoms with Crippen molar-refractivity contribution in [2.24, 2.45) is 0 Å². The van der Waals surface area contributed by atoms with Crippen LogP contribution in [0.15, 0.2) is 0 Å². The lowest BCUT2D eigenvalue weighted by Gasteiger charge is -2.35. The molecule has 0 bridgehead atoms. The van der Waals surface area contributed by atoms with Gasteiger partial charge in [0, 0.05) is 25.7 Å². The molecule has 0 aromatic rings. The van der Waals surface area contributed by atoms with Crippen LogP contribution in [0.1, 0.15) is 51.9 Å². The highest BCUT2D eigenvalue weighted by Crippen LogP contribution is 2.20. The Kier molecular flexibility index (Phi) is 4.61. The first-order valence-electron chi connectivity index (χ1n) is 7.29. The van der Waals surface area contributed by atoms with E-state index in [0.717, 1.165) is 51.7 Å². The Hall–Kier alpha value is -1.06. The summed E-state index contributed by atoms with van der Waals surface area (Å²) >= 11 is 0. The Morgan fingerprint density at radius 3 is 2.33 bits per heavy atom. The van der Waals surface area contributed by atoms with Crippen molar-refractivity contribution in [3.63, 3.8) is 0 Å². The maximum atomic E-state index is 12.2. The van der Waals surface area contributed by atoms with Crippen molar-refractivity contribution in [1.82, 2.24) is 9.80 Å². The molecule has 2 amide bonds. The number of likely N-dealkylation sites (tertiary alicyclic amines) is 2. The molecular formula is C14H24N2O2. The van der Waals surface area contributed by atoms with E-state index in [2.05, 4.69) is 6.92 Å². The maximum Gasteiger partial charge on any atom is 0.232 e. The Labute approximate surface area is 109 Å². The lowest BCUT2D eigenvalue weighted by molar-refractivity contribution is -0.142. The number of carbonyl (C=O) groups excluding carboxylic acids is 2. The molecule has 0 N–H and O–H groups in total. The molecule has 0 aliphatic carbocycles. The number of piperidine rings is 1. The van der Waals surface area contributed by atoms with Crippen molar-refractivity contribution < 1.29 is 9.59 Å².